The van der Waals surface area contributed by atoms with Gasteiger partial charge in [-0.2, -0.15) is 0 Å². The molecule has 1 fully saturated rings. The van der Waals surface area contributed by atoms with Crippen LogP contribution in [0.5, 0.6) is 5.75 Å². The molecule has 2 amide bonds. The quantitative estimate of drug-likeness (QED) is 0.416. The topological polar surface area (TPSA) is 127 Å². The second-order valence-electron chi connectivity index (χ2n) is 8.07. The maximum absolute atomic E-state index is 14.8. The summed E-state index contributed by atoms with van der Waals surface area (Å²) in [6.45, 7) is 1.68. The van der Waals surface area contributed by atoms with E-state index in [4.69, 9.17) is 16.3 Å². The normalized spacial score (nSPS) is 18.2. The number of aromatic hydroxyl groups is 1. The van der Waals surface area contributed by atoms with Gasteiger partial charge in [-0.15, -0.1) is 0 Å². The Bertz CT molecular complexity index is 1390. The van der Waals surface area contributed by atoms with Crippen molar-refractivity contribution in [3.63, 3.8) is 0 Å². The Balaban J connectivity index is 1.51. The van der Waals surface area contributed by atoms with Gasteiger partial charge in [-0.05, 0) is 49.4 Å². The minimum Gasteiger partial charge on any atom is -0.508 e. The first kappa shape index (κ1) is 24.9. The first-order valence-corrected chi connectivity index (χ1v) is 11.3. The molecule has 0 radical (unpaired) electrons. The van der Waals surface area contributed by atoms with E-state index in [9.17, 15) is 28.7 Å². The van der Waals surface area contributed by atoms with E-state index in [-0.39, 0.29) is 23.7 Å². The molecule has 0 bridgehead atoms. The number of benzene rings is 2. The zero-order chi connectivity index (χ0) is 26.0. The van der Waals surface area contributed by atoms with Crippen molar-refractivity contribution < 1.29 is 28.6 Å². The first-order valence-electron chi connectivity index (χ1n) is 10.9. The van der Waals surface area contributed by atoms with Crippen LogP contribution in [0.25, 0.3) is 5.69 Å². The smallest absolute Gasteiger partial charge is 0.310 e. The van der Waals surface area contributed by atoms with Crippen LogP contribution in [0.1, 0.15) is 6.92 Å². The minimum absolute atomic E-state index is 0.0713. The zero-order valence-electron chi connectivity index (χ0n) is 18.9. The maximum atomic E-state index is 14.8. The number of hydrogen-bond donors (Lipinski definition) is 3. The highest BCUT2D eigenvalue weighted by molar-refractivity contribution is 6.30. The highest BCUT2D eigenvalue weighted by atomic mass is 35.5. The number of ether oxygens (including phenoxy) is 1. The Morgan fingerprint density at radius 2 is 1.67 bits per heavy atom. The highest BCUT2D eigenvalue weighted by Crippen LogP contribution is 2.48. The molecule has 186 valence electrons. The minimum atomic E-state index is -1.06. The Morgan fingerprint density at radius 1 is 1.00 bits per heavy atom. The fourth-order valence-electron chi connectivity index (χ4n) is 3.91. The van der Waals surface area contributed by atoms with E-state index >= 15 is 0 Å². The highest BCUT2D eigenvalue weighted by Gasteiger charge is 2.63. The molecule has 3 atom stereocenters. The van der Waals surface area contributed by atoms with E-state index in [1.807, 2.05) is 0 Å². The molecule has 11 heteroatoms. The summed E-state index contributed by atoms with van der Waals surface area (Å²) in [5.74, 6) is -6.12. The third-order valence-electron chi connectivity index (χ3n) is 5.69. The summed E-state index contributed by atoms with van der Waals surface area (Å²) < 4.78 is 20.9. The number of nitrogens with zero attached hydrogens (tertiary/aromatic N) is 1. The molecule has 0 saturated heterocycles. The number of esters is 1. The molecular weight excluding hydrogens is 493 g/mol. The predicted molar refractivity (Wildman–Crippen MR) is 129 cm³/mol. The Hall–Kier alpha value is -4.18. The molecule has 3 N–H and O–H groups in total. The molecule has 4 rings (SSSR count). The SMILES string of the molecule is CCOC(=O)C1C(C(=O)Nc2ccc(Cl)cc2)C1C(=O)Nc1ccc(-n2ccc(O)cc2=O)cc1F. The van der Waals surface area contributed by atoms with Crippen LogP contribution in [0.2, 0.25) is 5.02 Å². The lowest BCUT2D eigenvalue weighted by molar-refractivity contribution is -0.146. The zero-order valence-corrected chi connectivity index (χ0v) is 19.7. The molecule has 0 aliphatic heterocycles. The number of anilines is 2. The summed E-state index contributed by atoms with van der Waals surface area (Å²) in [6.07, 6.45) is 1.28. The van der Waals surface area contributed by atoms with Crippen molar-refractivity contribution in [2.75, 3.05) is 17.2 Å². The van der Waals surface area contributed by atoms with Gasteiger partial charge in [0, 0.05) is 29.0 Å². The molecule has 1 saturated carbocycles. The summed E-state index contributed by atoms with van der Waals surface area (Å²) in [4.78, 5) is 50.2. The van der Waals surface area contributed by atoms with Gasteiger partial charge in [0.1, 0.15) is 11.6 Å². The summed E-state index contributed by atoms with van der Waals surface area (Å²) >= 11 is 5.85. The van der Waals surface area contributed by atoms with Crippen LogP contribution in [-0.2, 0) is 19.1 Å². The maximum Gasteiger partial charge on any atom is 0.310 e. The second kappa shape index (κ2) is 10.2. The number of carbonyl (C=O) groups is 3. The number of pyridine rings is 1. The first-order chi connectivity index (χ1) is 17.2. The summed E-state index contributed by atoms with van der Waals surface area (Å²) in [5.41, 5.74) is -0.159. The molecule has 36 heavy (non-hydrogen) atoms. The number of rotatable bonds is 7. The largest absolute Gasteiger partial charge is 0.508 e. The van der Waals surface area contributed by atoms with E-state index in [2.05, 4.69) is 10.6 Å². The van der Waals surface area contributed by atoms with Gasteiger partial charge in [-0.1, -0.05) is 11.6 Å². The number of halogens is 2. The van der Waals surface area contributed by atoms with Gasteiger partial charge in [-0.3, -0.25) is 23.7 Å². The molecule has 2 aromatic carbocycles. The molecule has 9 nitrogen and oxygen atoms in total. The van der Waals surface area contributed by atoms with Crippen molar-refractivity contribution in [1.29, 1.82) is 0 Å². The van der Waals surface area contributed by atoms with Gasteiger partial charge in [0.15, 0.2) is 0 Å². The van der Waals surface area contributed by atoms with Crippen LogP contribution in [0.4, 0.5) is 15.8 Å². The lowest BCUT2D eigenvalue weighted by Gasteiger charge is -2.10. The van der Waals surface area contributed by atoms with Crippen molar-refractivity contribution in [3.05, 3.63) is 82.0 Å². The molecule has 0 spiro atoms. The standard InChI is InChI=1S/C25H21ClFN3O6/c1-2-36-25(35)22-20(23(33)28-14-5-3-13(26)4-6-14)21(22)24(34)29-18-8-7-15(11-17(18)27)30-10-9-16(31)12-19(30)32/h3-12,20-22,31H,2H2,1H3,(H,28,33)(H,29,34). The van der Waals surface area contributed by atoms with Crippen molar-refractivity contribution in [1.82, 2.24) is 4.57 Å². The molecule has 3 aromatic rings. The van der Waals surface area contributed by atoms with E-state index in [0.29, 0.717) is 10.7 Å². The summed E-state index contributed by atoms with van der Waals surface area (Å²) in [6, 6.07) is 12.3. The predicted octanol–water partition coefficient (Wildman–Crippen LogP) is 3.34. The van der Waals surface area contributed by atoms with Crippen molar-refractivity contribution >= 4 is 40.8 Å². The average Bonchev–Trinajstić information content (AvgIpc) is 3.58. The Kier molecular flexibility index (Phi) is 7.07. The van der Waals surface area contributed by atoms with E-state index in [1.54, 1.807) is 31.2 Å². The van der Waals surface area contributed by atoms with Gasteiger partial charge in [0.2, 0.25) is 11.8 Å². The van der Waals surface area contributed by atoms with Crippen LogP contribution in [-0.4, -0.2) is 34.1 Å². The average molecular weight is 514 g/mol. The summed E-state index contributed by atoms with van der Waals surface area (Å²) in [7, 11) is 0. The third-order valence-corrected chi connectivity index (χ3v) is 5.94. The fraction of sp³-hybridized carbons (Fsp3) is 0.200. The number of amides is 2. The molecular formula is C25H21ClFN3O6. The van der Waals surface area contributed by atoms with Crippen LogP contribution in [0.3, 0.4) is 0 Å². The van der Waals surface area contributed by atoms with E-state index in [1.165, 1.54) is 24.4 Å². The second-order valence-corrected chi connectivity index (χ2v) is 8.51. The van der Waals surface area contributed by atoms with Crippen LogP contribution >= 0.6 is 11.6 Å². The van der Waals surface area contributed by atoms with E-state index in [0.717, 1.165) is 16.7 Å². The van der Waals surface area contributed by atoms with Crippen molar-refractivity contribution in [2.45, 2.75) is 6.92 Å². The molecule has 1 aromatic heterocycles. The number of nitrogens with one attached hydrogen (secondary N) is 2. The fourth-order valence-corrected chi connectivity index (χ4v) is 4.03. The number of hydrogen-bond acceptors (Lipinski definition) is 6. The van der Waals surface area contributed by atoms with Gasteiger partial charge in [0.05, 0.1) is 35.7 Å². The van der Waals surface area contributed by atoms with Crippen LogP contribution in [0.15, 0.2) is 65.6 Å². The monoisotopic (exact) mass is 513 g/mol. The van der Waals surface area contributed by atoms with Crippen LogP contribution in [0, 0.1) is 23.6 Å². The Morgan fingerprint density at radius 3 is 2.28 bits per heavy atom. The van der Waals surface area contributed by atoms with Gasteiger partial charge in [-0.25, -0.2) is 4.39 Å². The molecule has 1 aliphatic carbocycles. The lowest BCUT2D eigenvalue weighted by atomic mass is 10.2. The number of carbonyl (C=O) groups excluding carboxylic acids is 3. The van der Waals surface area contributed by atoms with Gasteiger partial charge in [0.25, 0.3) is 5.56 Å². The molecule has 1 aliphatic rings. The molecule has 3 unspecified atom stereocenters. The van der Waals surface area contributed by atoms with Crippen molar-refractivity contribution in [2.24, 2.45) is 17.8 Å². The third kappa shape index (κ3) is 5.23. The van der Waals surface area contributed by atoms with Gasteiger partial charge >= 0.3 is 5.97 Å². The van der Waals surface area contributed by atoms with Gasteiger partial charge < -0.3 is 20.5 Å². The lowest BCUT2D eigenvalue weighted by Crippen LogP contribution is -2.21. The molecule has 1 heterocycles. The van der Waals surface area contributed by atoms with Crippen molar-refractivity contribution in [3.8, 4) is 11.4 Å². The van der Waals surface area contributed by atoms with Crippen LogP contribution < -0.4 is 16.2 Å². The van der Waals surface area contributed by atoms with E-state index < -0.39 is 46.9 Å². The Labute approximate surface area is 209 Å². The summed E-state index contributed by atoms with van der Waals surface area (Å²) in [5, 5.41) is 14.9. The number of aromatic nitrogens is 1.